The Morgan fingerprint density at radius 2 is 2.06 bits per heavy atom. The summed E-state index contributed by atoms with van der Waals surface area (Å²) >= 11 is 2.95. The predicted molar refractivity (Wildman–Crippen MR) is 67.8 cm³/mol. The number of rotatable bonds is 7. The van der Waals surface area contributed by atoms with Gasteiger partial charge in [0.15, 0.2) is 0 Å². The Morgan fingerprint density at radius 3 is 2.44 bits per heavy atom. The van der Waals surface area contributed by atoms with E-state index in [-0.39, 0.29) is 10.4 Å². The van der Waals surface area contributed by atoms with Gasteiger partial charge in [0.25, 0.3) is 5.91 Å². The number of nitrogens with zero attached hydrogens (tertiary/aromatic N) is 1. The van der Waals surface area contributed by atoms with E-state index in [9.17, 15) is 13.2 Å². The molecule has 0 radical (unpaired) electrons. The quantitative estimate of drug-likeness (QED) is 0.555. The first-order chi connectivity index (χ1) is 7.29. The van der Waals surface area contributed by atoms with E-state index >= 15 is 0 Å². The summed E-state index contributed by atoms with van der Waals surface area (Å²) in [5, 5.41) is 2.61. The summed E-state index contributed by atoms with van der Waals surface area (Å²) in [6, 6.07) is 0. The minimum absolute atomic E-state index is 0.267. The Hall–Kier alpha value is -0.400. The van der Waals surface area contributed by atoms with E-state index in [1.165, 1.54) is 10.6 Å². The number of hydrogen-bond acceptors (Lipinski definition) is 3. The highest BCUT2D eigenvalue weighted by atomic mass is 79.9. The maximum atomic E-state index is 11.2. The lowest BCUT2D eigenvalue weighted by molar-refractivity contribution is -0.116. The van der Waals surface area contributed by atoms with E-state index < -0.39 is 10.0 Å². The van der Waals surface area contributed by atoms with E-state index in [1.54, 1.807) is 6.92 Å². The van der Waals surface area contributed by atoms with E-state index in [4.69, 9.17) is 0 Å². The molecule has 0 aliphatic rings. The van der Waals surface area contributed by atoms with Gasteiger partial charge in [-0.15, -0.1) is 0 Å². The van der Waals surface area contributed by atoms with Crippen molar-refractivity contribution in [3.05, 3.63) is 11.1 Å². The molecule has 0 bridgehead atoms. The van der Waals surface area contributed by atoms with Crippen molar-refractivity contribution in [2.24, 2.45) is 0 Å². The molecule has 0 fully saturated rings. The second-order valence-corrected chi connectivity index (χ2v) is 6.21. The first-order valence-electron chi connectivity index (χ1n) is 4.86. The van der Waals surface area contributed by atoms with Crippen LogP contribution in [0.1, 0.15) is 13.3 Å². The Morgan fingerprint density at radius 1 is 1.50 bits per heavy atom. The number of carbonyl (C=O) groups is 1. The van der Waals surface area contributed by atoms with Crippen LogP contribution in [0.3, 0.4) is 0 Å². The summed E-state index contributed by atoms with van der Waals surface area (Å²) in [5.41, 5.74) is 0. The van der Waals surface area contributed by atoms with Crippen LogP contribution in [0, 0.1) is 0 Å². The van der Waals surface area contributed by atoms with E-state index in [0.29, 0.717) is 26.1 Å². The summed E-state index contributed by atoms with van der Waals surface area (Å²) in [7, 11) is -3.14. The second kappa shape index (κ2) is 7.03. The van der Waals surface area contributed by atoms with Gasteiger partial charge in [-0.25, -0.2) is 12.7 Å². The molecular weight excluding hydrogens is 296 g/mol. The number of sulfonamides is 1. The van der Waals surface area contributed by atoms with Crippen LogP contribution < -0.4 is 5.32 Å². The SMILES string of the molecule is C=C(Br)C(=O)NCCCN(CC)S(C)(=O)=O. The third kappa shape index (κ3) is 6.24. The molecule has 0 heterocycles. The van der Waals surface area contributed by atoms with Crippen molar-refractivity contribution in [1.82, 2.24) is 9.62 Å². The summed E-state index contributed by atoms with van der Waals surface area (Å²) in [4.78, 5) is 11.1. The Labute approximate surface area is 105 Å². The fourth-order valence-electron chi connectivity index (χ4n) is 1.11. The van der Waals surface area contributed by atoms with Gasteiger partial charge in [-0.3, -0.25) is 4.79 Å². The maximum absolute atomic E-state index is 11.2. The zero-order chi connectivity index (χ0) is 12.8. The highest BCUT2D eigenvalue weighted by Crippen LogP contribution is 2.00. The van der Waals surface area contributed by atoms with Gasteiger partial charge >= 0.3 is 0 Å². The predicted octanol–water partition coefficient (Wildman–Crippen LogP) is 0.683. The molecule has 16 heavy (non-hydrogen) atoms. The fraction of sp³-hybridized carbons (Fsp3) is 0.667. The lowest BCUT2D eigenvalue weighted by atomic mass is 10.4. The molecule has 0 aromatic rings. The van der Waals surface area contributed by atoms with Gasteiger partial charge in [0.1, 0.15) is 0 Å². The zero-order valence-electron chi connectivity index (χ0n) is 9.49. The molecule has 0 spiro atoms. The normalized spacial score (nSPS) is 11.5. The second-order valence-electron chi connectivity index (χ2n) is 3.27. The van der Waals surface area contributed by atoms with Crippen LogP contribution in [0.15, 0.2) is 11.1 Å². The molecule has 0 atom stereocenters. The summed E-state index contributed by atoms with van der Waals surface area (Å²) in [6.45, 7) is 6.48. The Bertz CT molecular complexity index is 354. The number of halogens is 1. The van der Waals surface area contributed by atoms with Crippen molar-refractivity contribution in [2.75, 3.05) is 25.9 Å². The lowest BCUT2D eigenvalue weighted by Gasteiger charge is -2.17. The molecule has 5 nitrogen and oxygen atoms in total. The first kappa shape index (κ1) is 15.6. The van der Waals surface area contributed by atoms with Gasteiger partial charge < -0.3 is 5.32 Å². The van der Waals surface area contributed by atoms with Crippen LogP contribution in [-0.2, 0) is 14.8 Å². The topological polar surface area (TPSA) is 66.5 Å². The lowest BCUT2D eigenvalue weighted by Crippen LogP contribution is -2.33. The van der Waals surface area contributed by atoms with Crippen LogP contribution in [0.5, 0.6) is 0 Å². The van der Waals surface area contributed by atoms with Crippen LogP contribution in [-0.4, -0.2) is 44.5 Å². The van der Waals surface area contributed by atoms with Gasteiger partial charge in [0.05, 0.1) is 10.7 Å². The van der Waals surface area contributed by atoms with Gasteiger partial charge in [-0.05, 0) is 22.4 Å². The molecule has 0 unspecified atom stereocenters. The summed E-state index contributed by atoms with van der Waals surface area (Å²) in [6.07, 6.45) is 1.75. The number of hydrogen-bond donors (Lipinski definition) is 1. The van der Waals surface area contributed by atoms with Crippen LogP contribution in [0.4, 0.5) is 0 Å². The zero-order valence-corrected chi connectivity index (χ0v) is 11.9. The van der Waals surface area contributed by atoms with Gasteiger partial charge in [-0.1, -0.05) is 13.5 Å². The van der Waals surface area contributed by atoms with E-state index in [1.807, 2.05) is 0 Å². The van der Waals surface area contributed by atoms with Crippen molar-refractivity contribution in [2.45, 2.75) is 13.3 Å². The van der Waals surface area contributed by atoms with Crippen LogP contribution in [0.2, 0.25) is 0 Å². The monoisotopic (exact) mass is 312 g/mol. The minimum atomic E-state index is -3.14. The Balaban J connectivity index is 3.90. The van der Waals surface area contributed by atoms with Crippen molar-refractivity contribution in [1.29, 1.82) is 0 Å². The summed E-state index contributed by atoms with van der Waals surface area (Å²) < 4.78 is 24.1. The highest BCUT2D eigenvalue weighted by molar-refractivity contribution is 9.12. The fourth-order valence-corrected chi connectivity index (χ4v) is 2.18. The third-order valence-corrected chi connectivity index (χ3v) is 3.68. The van der Waals surface area contributed by atoms with Crippen molar-refractivity contribution < 1.29 is 13.2 Å². The van der Waals surface area contributed by atoms with Crippen LogP contribution in [0.25, 0.3) is 0 Å². The molecule has 0 aliphatic heterocycles. The number of amides is 1. The van der Waals surface area contributed by atoms with Crippen molar-refractivity contribution in [3.63, 3.8) is 0 Å². The molecule has 0 aliphatic carbocycles. The van der Waals surface area contributed by atoms with Crippen molar-refractivity contribution in [3.8, 4) is 0 Å². The number of nitrogens with one attached hydrogen (secondary N) is 1. The average Bonchev–Trinajstić information content (AvgIpc) is 2.15. The minimum Gasteiger partial charge on any atom is -0.352 e. The maximum Gasteiger partial charge on any atom is 0.257 e. The van der Waals surface area contributed by atoms with E-state index in [2.05, 4.69) is 27.8 Å². The molecule has 0 saturated carbocycles. The van der Waals surface area contributed by atoms with Gasteiger partial charge in [0.2, 0.25) is 10.0 Å². The highest BCUT2D eigenvalue weighted by Gasteiger charge is 2.13. The molecule has 0 saturated heterocycles. The molecule has 7 heteroatoms. The Kier molecular flexibility index (Phi) is 6.85. The number of carbonyl (C=O) groups excluding carboxylic acids is 1. The smallest absolute Gasteiger partial charge is 0.257 e. The largest absolute Gasteiger partial charge is 0.352 e. The molecular formula is C9H17BrN2O3S. The van der Waals surface area contributed by atoms with Crippen molar-refractivity contribution >= 4 is 31.9 Å². The standard InChI is InChI=1S/C9H17BrN2O3S/c1-4-12(16(3,14)15)7-5-6-11-9(13)8(2)10/h2,4-7H2,1,3H3,(H,11,13). The molecule has 1 amide bonds. The van der Waals surface area contributed by atoms with E-state index in [0.717, 1.165) is 0 Å². The van der Waals surface area contributed by atoms with Crippen LogP contribution >= 0.6 is 15.9 Å². The molecule has 1 N–H and O–H groups in total. The van der Waals surface area contributed by atoms with Gasteiger partial charge in [0, 0.05) is 19.6 Å². The average molecular weight is 313 g/mol. The van der Waals surface area contributed by atoms with Gasteiger partial charge in [-0.2, -0.15) is 0 Å². The molecule has 0 aromatic carbocycles. The molecule has 0 aromatic heterocycles. The third-order valence-electron chi connectivity index (χ3n) is 1.94. The molecule has 94 valence electrons. The first-order valence-corrected chi connectivity index (χ1v) is 7.51. The summed E-state index contributed by atoms with van der Waals surface area (Å²) in [5.74, 6) is -0.276. The molecule has 0 rings (SSSR count).